The minimum Gasteiger partial charge on any atom is -0.412 e. The molecule has 41 valence electrons. The fourth-order valence-corrected chi connectivity index (χ4v) is 0. The van der Waals surface area contributed by atoms with Crippen molar-refractivity contribution in [1.29, 1.82) is 0 Å². The van der Waals surface area contributed by atoms with Crippen LogP contribution in [0.3, 0.4) is 0 Å². The zero-order chi connectivity index (χ0) is 0. The van der Waals surface area contributed by atoms with Crippen LogP contribution in [0.25, 0.3) is 0 Å². The van der Waals surface area contributed by atoms with Crippen LogP contribution in [0.1, 0.15) is 0 Å². The molecule has 0 unspecified atom stereocenters. The van der Waals surface area contributed by atoms with Crippen LogP contribution in [-0.2, 0) is 16.8 Å². The standard InChI is InChI=1S/2ClH.Co.2H2O/h2*1H;;2*1H2. The molecule has 0 aromatic carbocycles. The van der Waals surface area contributed by atoms with Gasteiger partial charge in [0, 0.05) is 16.8 Å². The summed E-state index contributed by atoms with van der Waals surface area (Å²) < 4.78 is 0. The van der Waals surface area contributed by atoms with E-state index in [1.165, 1.54) is 0 Å². The maximum absolute atomic E-state index is 0. The van der Waals surface area contributed by atoms with Crippen LogP contribution in [0.2, 0.25) is 0 Å². The van der Waals surface area contributed by atoms with Gasteiger partial charge in [0.2, 0.25) is 0 Å². The average Bonchev–Trinajstić information content (AvgIpc) is 0. The molecule has 2 nitrogen and oxygen atoms in total. The van der Waals surface area contributed by atoms with Crippen molar-refractivity contribution in [2.75, 3.05) is 0 Å². The zero-order valence-electron chi connectivity index (χ0n) is 2.15. The molecule has 0 aliphatic heterocycles. The summed E-state index contributed by atoms with van der Waals surface area (Å²) in [4.78, 5) is 0. The van der Waals surface area contributed by atoms with E-state index < -0.39 is 0 Å². The molecule has 0 saturated carbocycles. The smallest absolute Gasteiger partial charge is 0 e. The molecule has 0 amide bonds. The molecule has 0 heterocycles. The topological polar surface area (TPSA) is 63.0 Å². The van der Waals surface area contributed by atoms with Gasteiger partial charge in [-0.1, -0.05) is 0 Å². The summed E-state index contributed by atoms with van der Waals surface area (Å²) in [7, 11) is 0. The summed E-state index contributed by atoms with van der Waals surface area (Å²) >= 11 is 0. The SMILES string of the molecule is Cl.Cl.O.O.[Co]. The zero-order valence-corrected chi connectivity index (χ0v) is 4.82. The molecule has 0 saturated heterocycles. The molecule has 1 radical (unpaired) electrons. The van der Waals surface area contributed by atoms with Crippen molar-refractivity contribution in [1.82, 2.24) is 0 Å². The van der Waals surface area contributed by atoms with Crippen LogP contribution in [0.5, 0.6) is 0 Å². The van der Waals surface area contributed by atoms with Crippen molar-refractivity contribution in [2.45, 2.75) is 0 Å². The van der Waals surface area contributed by atoms with Gasteiger partial charge in [-0.25, -0.2) is 0 Å². The molecule has 0 rings (SSSR count). The molecule has 0 spiro atoms. The maximum Gasteiger partial charge on any atom is 0 e. The predicted molar refractivity (Wildman–Crippen MR) is 21.7 cm³/mol. The Morgan fingerprint density at radius 2 is 0.600 bits per heavy atom. The van der Waals surface area contributed by atoms with E-state index in [1.54, 1.807) is 0 Å². The summed E-state index contributed by atoms with van der Waals surface area (Å²) in [6.45, 7) is 0. The first-order chi connectivity index (χ1) is 0. The van der Waals surface area contributed by atoms with E-state index in [0.717, 1.165) is 0 Å². The second-order valence-electron chi connectivity index (χ2n) is 0. The molecule has 0 fully saturated rings. The van der Waals surface area contributed by atoms with E-state index >= 15 is 0 Å². The summed E-state index contributed by atoms with van der Waals surface area (Å²) in [6.07, 6.45) is 0. The first-order valence-electron chi connectivity index (χ1n) is 0. The first kappa shape index (κ1) is 149. The van der Waals surface area contributed by atoms with Crippen LogP contribution in [0.4, 0.5) is 0 Å². The van der Waals surface area contributed by atoms with E-state index in [1.807, 2.05) is 0 Å². The summed E-state index contributed by atoms with van der Waals surface area (Å²) in [5.41, 5.74) is 0. The van der Waals surface area contributed by atoms with E-state index in [0.29, 0.717) is 0 Å². The Kier molecular flexibility index (Phi) is 2360. The first-order valence-corrected chi connectivity index (χ1v) is 0. The van der Waals surface area contributed by atoms with Crippen LogP contribution >= 0.6 is 24.8 Å². The van der Waals surface area contributed by atoms with Gasteiger partial charge in [-0.3, -0.25) is 0 Å². The van der Waals surface area contributed by atoms with E-state index in [9.17, 15) is 0 Å². The Hall–Kier alpha value is 1.01. The van der Waals surface area contributed by atoms with Gasteiger partial charge >= 0.3 is 0 Å². The number of hydrogen-bond donors (Lipinski definition) is 0. The van der Waals surface area contributed by atoms with Gasteiger partial charge in [-0.05, 0) is 0 Å². The Morgan fingerprint density at radius 3 is 0.600 bits per heavy atom. The molecule has 0 bridgehead atoms. The third-order valence-corrected chi connectivity index (χ3v) is 0. The van der Waals surface area contributed by atoms with Crippen LogP contribution in [0, 0.1) is 0 Å². The van der Waals surface area contributed by atoms with Gasteiger partial charge in [0.15, 0.2) is 0 Å². The Morgan fingerprint density at radius 1 is 0.600 bits per heavy atom. The third-order valence-electron chi connectivity index (χ3n) is 0. The van der Waals surface area contributed by atoms with Gasteiger partial charge < -0.3 is 11.0 Å². The normalized spacial score (nSPS) is 0. The fourth-order valence-electron chi connectivity index (χ4n) is 0. The van der Waals surface area contributed by atoms with Crippen LogP contribution in [0.15, 0.2) is 0 Å². The maximum atomic E-state index is 0. The van der Waals surface area contributed by atoms with Gasteiger partial charge in [-0.2, -0.15) is 0 Å². The minimum absolute atomic E-state index is 0. The predicted octanol–water partition coefficient (Wildman–Crippen LogP) is -0.808. The number of rotatable bonds is 0. The number of hydrogen-bond acceptors (Lipinski definition) is 0. The van der Waals surface area contributed by atoms with E-state index in [-0.39, 0.29) is 52.5 Å². The quantitative estimate of drug-likeness (QED) is 0.454. The van der Waals surface area contributed by atoms with Crippen molar-refractivity contribution in [2.24, 2.45) is 0 Å². The molecule has 5 heteroatoms. The largest absolute Gasteiger partial charge is 0.412 e. The van der Waals surface area contributed by atoms with E-state index in [4.69, 9.17) is 0 Å². The molecule has 0 aliphatic carbocycles. The van der Waals surface area contributed by atoms with Crippen molar-refractivity contribution >= 4 is 24.8 Å². The Labute approximate surface area is 53.0 Å². The Balaban J connectivity index is 0. The minimum atomic E-state index is 0. The molecule has 4 N–H and O–H groups in total. The average molecular weight is 168 g/mol. The molecule has 0 aliphatic rings. The van der Waals surface area contributed by atoms with E-state index in [2.05, 4.69) is 0 Å². The van der Waals surface area contributed by atoms with Crippen molar-refractivity contribution < 1.29 is 27.7 Å². The summed E-state index contributed by atoms with van der Waals surface area (Å²) in [6, 6.07) is 0. The summed E-state index contributed by atoms with van der Waals surface area (Å²) in [5, 5.41) is 0. The Bertz CT molecular complexity index is 7.61. The second kappa shape index (κ2) is 79.3. The summed E-state index contributed by atoms with van der Waals surface area (Å²) in [5.74, 6) is 0. The second-order valence-corrected chi connectivity index (χ2v) is 0. The van der Waals surface area contributed by atoms with Crippen LogP contribution in [-0.4, -0.2) is 11.0 Å². The number of halogens is 2. The molecule has 0 aromatic rings. The van der Waals surface area contributed by atoms with Gasteiger partial charge in [-0.15, -0.1) is 24.8 Å². The molecular formula is H6Cl2CoO2. The van der Waals surface area contributed by atoms with Crippen molar-refractivity contribution in [3.63, 3.8) is 0 Å². The molecule has 5 heavy (non-hydrogen) atoms. The van der Waals surface area contributed by atoms with Gasteiger partial charge in [0.05, 0.1) is 0 Å². The van der Waals surface area contributed by atoms with Gasteiger partial charge in [0.25, 0.3) is 0 Å². The molecule has 0 aromatic heterocycles. The third kappa shape index (κ3) is 44.7. The molecular weight excluding hydrogens is 162 g/mol. The fraction of sp³-hybridized carbons (Fsp3) is 0. The van der Waals surface area contributed by atoms with Crippen molar-refractivity contribution in [3.05, 3.63) is 0 Å². The van der Waals surface area contributed by atoms with Gasteiger partial charge in [0.1, 0.15) is 0 Å². The molecule has 0 atom stereocenters. The van der Waals surface area contributed by atoms with Crippen molar-refractivity contribution in [3.8, 4) is 0 Å². The van der Waals surface area contributed by atoms with Crippen LogP contribution < -0.4 is 0 Å². The monoisotopic (exact) mass is 167 g/mol.